The minimum atomic E-state index is -1.74. The Hall–Kier alpha value is -1.13. The van der Waals surface area contributed by atoms with Crippen molar-refractivity contribution in [3.05, 3.63) is 10.4 Å². The molecule has 14 nitrogen and oxygen atoms in total. The molecule has 162 valence electrons. The van der Waals surface area contributed by atoms with Gasteiger partial charge in [0, 0.05) is 11.5 Å². The van der Waals surface area contributed by atoms with Crippen LogP contribution in [0.15, 0.2) is 5.11 Å². The van der Waals surface area contributed by atoms with Crippen molar-refractivity contribution < 1.29 is 54.7 Å². The van der Waals surface area contributed by atoms with E-state index in [9.17, 15) is 35.7 Å². The van der Waals surface area contributed by atoms with Crippen LogP contribution in [-0.2, 0) is 18.9 Å². The smallest absolute Gasteiger partial charge is 0.187 e. The van der Waals surface area contributed by atoms with Crippen LogP contribution in [0.4, 0.5) is 0 Å². The molecule has 0 aliphatic carbocycles. The van der Waals surface area contributed by atoms with Crippen LogP contribution in [0.25, 0.3) is 10.4 Å². The first-order valence-electron chi connectivity index (χ1n) is 8.56. The average molecular weight is 411 g/mol. The van der Waals surface area contributed by atoms with E-state index in [1.54, 1.807) is 0 Å². The molecule has 0 saturated carbocycles. The van der Waals surface area contributed by atoms with Crippen LogP contribution >= 0.6 is 0 Å². The second kappa shape index (κ2) is 10.6. The van der Waals surface area contributed by atoms with Crippen molar-refractivity contribution in [1.29, 1.82) is 0 Å². The van der Waals surface area contributed by atoms with E-state index in [0.717, 1.165) is 0 Å². The van der Waals surface area contributed by atoms with Crippen LogP contribution in [0.1, 0.15) is 0 Å². The van der Waals surface area contributed by atoms with Crippen molar-refractivity contribution in [2.75, 3.05) is 26.4 Å². The summed E-state index contributed by atoms with van der Waals surface area (Å²) < 4.78 is 21.1. The van der Waals surface area contributed by atoms with Gasteiger partial charge >= 0.3 is 0 Å². The molecule has 10 atom stereocenters. The highest BCUT2D eigenvalue weighted by molar-refractivity contribution is 4.94. The molecule has 2 rings (SSSR count). The van der Waals surface area contributed by atoms with Crippen molar-refractivity contribution in [2.45, 2.75) is 61.4 Å². The fraction of sp³-hybridized carbons (Fsp3) is 1.00. The molecule has 7 N–H and O–H groups in total. The number of azide groups is 1. The highest BCUT2D eigenvalue weighted by Crippen LogP contribution is 2.29. The summed E-state index contributed by atoms with van der Waals surface area (Å²) in [6.07, 6.45) is -15.1. The molecule has 28 heavy (non-hydrogen) atoms. The Kier molecular flexibility index (Phi) is 8.76. The molecule has 0 bridgehead atoms. The number of hydrogen-bond acceptors (Lipinski definition) is 12. The predicted octanol–water partition coefficient (Wildman–Crippen LogP) is -4.06. The molecule has 0 aromatic carbocycles. The average Bonchev–Trinajstić information content (AvgIpc) is 2.70. The maximum atomic E-state index is 10.3. The largest absolute Gasteiger partial charge is 0.394 e. The third-order valence-electron chi connectivity index (χ3n) is 4.50. The fourth-order valence-corrected chi connectivity index (χ4v) is 2.95. The molecule has 2 fully saturated rings. The van der Waals surface area contributed by atoms with E-state index in [0.29, 0.717) is 0 Å². The first-order chi connectivity index (χ1) is 13.3. The predicted molar refractivity (Wildman–Crippen MR) is 86.4 cm³/mol. The van der Waals surface area contributed by atoms with E-state index in [1.807, 2.05) is 0 Å². The monoisotopic (exact) mass is 411 g/mol. The second-order valence-electron chi connectivity index (χ2n) is 6.33. The third kappa shape index (κ3) is 5.07. The van der Waals surface area contributed by atoms with Crippen LogP contribution in [0.5, 0.6) is 0 Å². The number of ether oxygens (including phenoxy) is 4. The Labute approximate surface area is 159 Å². The topological polar surface area (TPSA) is 227 Å². The van der Waals surface area contributed by atoms with Gasteiger partial charge < -0.3 is 54.7 Å². The maximum absolute atomic E-state index is 10.3. The summed E-state index contributed by atoms with van der Waals surface area (Å²) in [6, 6.07) is 0. The van der Waals surface area contributed by atoms with Gasteiger partial charge in [-0.05, 0) is 5.53 Å². The molecule has 0 radical (unpaired) electrons. The molecule has 0 amide bonds. The lowest BCUT2D eigenvalue weighted by atomic mass is 9.97. The molecule has 0 unspecified atom stereocenters. The summed E-state index contributed by atoms with van der Waals surface area (Å²) >= 11 is 0. The molecular weight excluding hydrogens is 386 g/mol. The van der Waals surface area contributed by atoms with Gasteiger partial charge in [0.2, 0.25) is 0 Å². The Bertz CT molecular complexity index is 533. The third-order valence-corrected chi connectivity index (χ3v) is 4.50. The van der Waals surface area contributed by atoms with E-state index < -0.39 is 74.6 Å². The van der Waals surface area contributed by atoms with Gasteiger partial charge in [0.05, 0.1) is 19.8 Å². The van der Waals surface area contributed by atoms with E-state index >= 15 is 0 Å². The summed E-state index contributed by atoms with van der Waals surface area (Å²) in [6.45, 7) is -1.51. The van der Waals surface area contributed by atoms with Gasteiger partial charge in [-0.25, -0.2) is 0 Å². The van der Waals surface area contributed by atoms with Crippen molar-refractivity contribution in [2.24, 2.45) is 5.11 Å². The molecule has 0 spiro atoms. The number of nitrogens with zero attached hydrogens (tertiary/aromatic N) is 3. The van der Waals surface area contributed by atoms with E-state index in [4.69, 9.17) is 24.5 Å². The molecular formula is C14H25N3O11. The Morgan fingerprint density at radius 3 is 2.04 bits per heavy atom. The number of aliphatic hydroxyl groups is 7. The van der Waals surface area contributed by atoms with Gasteiger partial charge in [-0.15, -0.1) is 0 Å². The molecule has 2 saturated heterocycles. The zero-order valence-corrected chi connectivity index (χ0v) is 14.7. The zero-order valence-electron chi connectivity index (χ0n) is 14.7. The normalized spacial score (nSPS) is 44.1. The zero-order chi connectivity index (χ0) is 20.8. The van der Waals surface area contributed by atoms with E-state index in [1.165, 1.54) is 0 Å². The van der Waals surface area contributed by atoms with Crippen LogP contribution in [-0.4, -0.2) is 124 Å². The minimum Gasteiger partial charge on any atom is -0.394 e. The van der Waals surface area contributed by atoms with Crippen LogP contribution in [0.2, 0.25) is 0 Å². The van der Waals surface area contributed by atoms with Crippen LogP contribution < -0.4 is 0 Å². The molecule has 0 aromatic heterocycles. The number of hydrogen-bond donors (Lipinski definition) is 7. The lowest BCUT2D eigenvalue weighted by Gasteiger charge is -2.45. The van der Waals surface area contributed by atoms with Gasteiger partial charge in [-0.1, -0.05) is 5.11 Å². The minimum absolute atomic E-state index is 0.0479. The fourth-order valence-electron chi connectivity index (χ4n) is 2.95. The first kappa shape index (κ1) is 23.2. The molecule has 2 heterocycles. The van der Waals surface area contributed by atoms with E-state index in [-0.39, 0.29) is 13.2 Å². The summed E-state index contributed by atoms with van der Waals surface area (Å²) in [5, 5.41) is 72.1. The second-order valence-corrected chi connectivity index (χ2v) is 6.33. The van der Waals surface area contributed by atoms with Crippen molar-refractivity contribution >= 4 is 0 Å². The summed E-state index contributed by atoms with van der Waals surface area (Å²) in [4.78, 5) is 2.53. The van der Waals surface area contributed by atoms with Gasteiger partial charge in [0.1, 0.15) is 48.8 Å². The Morgan fingerprint density at radius 2 is 1.43 bits per heavy atom. The molecule has 0 aromatic rings. The SMILES string of the molecule is [N-]=[N+]=NCCO[C@@H]1O[C@H](CO)[C@@H](O[C@@H]2O[C@H](CO)[C@H](O)[C@H](O)[C@H]2O)[C@H](O)[C@H]1O. The molecule has 2 aliphatic heterocycles. The standard InChI is InChI=1S/C14H25N3O11/c15-17-16-1-2-25-13-11(24)9(22)12(6(4-19)27-13)28-14-10(23)8(21)7(20)5(3-18)26-14/h5-14,18-24H,1-4H2/t5-,6-,7+,8+,9-,10-,11-,12-,13-,14+/m1/s1. The highest BCUT2D eigenvalue weighted by Gasteiger charge is 2.50. The van der Waals surface area contributed by atoms with Crippen molar-refractivity contribution in [3.63, 3.8) is 0 Å². The molecule has 2 aliphatic rings. The summed E-state index contributed by atoms with van der Waals surface area (Å²) in [5.74, 6) is 0. The van der Waals surface area contributed by atoms with Crippen LogP contribution in [0.3, 0.4) is 0 Å². The van der Waals surface area contributed by atoms with Crippen molar-refractivity contribution in [1.82, 2.24) is 0 Å². The summed E-state index contributed by atoms with van der Waals surface area (Å²) in [5.41, 5.74) is 8.21. The quantitative estimate of drug-likeness (QED) is 0.0879. The lowest BCUT2D eigenvalue weighted by Crippen LogP contribution is -2.64. The van der Waals surface area contributed by atoms with Crippen molar-refractivity contribution in [3.8, 4) is 0 Å². The van der Waals surface area contributed by atoms with Gasteiger partial charge in [0.15, 0.2) is 12.6 Å². The maximum Gasteiger partial charge on any atom is 0.187 e. The van der Waals surface area contributed by atoms with Gasteiger partial charge in [-0.2, -0.15) is 0 Å². The van der Waals surface area contributed by atoms with Gasteiger partial charge in [-0.3, -0.25) is 0 Å². The summed E-state index contributed by atoms with van der Waals surface area (Å²) in [7, 11) is 0. The first-order valence-corrected chi connectivity index (χ1v) is 8.56. The van der Waals surface area contributed by atoms with E-state index in [2.05, 4.69) is 10.0 Å². The Morgan fingerprint density at radius 1 is 0.821 bits per heavy atom. The lowest BCUT2D eigenvalue weighted by molar-refractivity contribution is -0.359. The number of rotatable bonds is 8. The Balaban J connectivity index is 2.05. The van der Waals surface area contributed by atoms with Crippen LogP contribution in [0, 0.1) is 0 Å². The highest BCUT2D eigenvalue weighted by atomic mass is 16.7. The molecule has 14 heteroatoms. The van der Waals surface area contributed by atoms with Gasteiger partial charge in [0.25, 0.3) is 0 Å². The number of aliphatic hydroxyl groups excluding tert-OH is 7.